The predicted octanol–water partition coefficient (Wildman–Crippen LogP) is 4.56. The van der Waals surface area contributed by atoms with Gasteiger partial charge in [-0.25, -0.2) is 0 Å². The Morgan fingerprint density at radius 2 is 1.59 bits per heavy atom. The second kappa shape index (κ2) is 6.83. The van der Waals surface area contributed by atoms with Crippen LogP contribution in [-0.4, -0.2) is 7.11 Å². The molecule has 2 rings (SSSR count). The molecular formula is C17H18F3NO. The summed E-state index contributed by atoms with van der Waals surface area (Å²) in [5.41, 5.74) is 1.28. The van der Waals surface area contributed by atoms with Gasteiger partial charge in [-0.05, 0) is 42.3 Å². The molecule has 22 heavy (non-hydrogen) atoms. The predicted molar refractivity (Wildman–Crippen MR) is 79.7 cm³/mol. The minimum atomic E-state index is -4.29. The van der Waals surface area contributed by atoms with Gasteiger partial charge in [0, 0.05) is 12.6 Å². The molecule has 118 valence electrons. The van der Waals surface area contributed by atoms with Gasteiger partial charge in [-0.2, -0.15) is 13.2 Å². The molecular weight excluding hydrogens is 291 g/mol. The van der Waals surface area contributed by atoms with Crippen LogP contribution in [0.4, 0.5) is 13.2 Å². The Hall–Kier alpha value is -2.01. The van der Waals surface area contributed by atoms with Crippen LogP contribution >= 0.6 is 0 Å². The smallest absolute Gasteiger partial charge is 0.416 e. The molecule has 0 radical (unpaired) electrons. The zero-order chi connectivity index (χ0) is 16.2. The van der Waals surface area contributed by atoms with Gasteiger partial charge in [0.25, 0.3) is 0 Å². The summed E-state index contributed by atoms with van der Waals surface area (Å²) >= 11 is 0. The Balaban J connectivity index is 1.95. The van der Waals surface area contributed by atoms with E-state index in [2.05, 4.69) is 5.32 Å². The molecule has 1 atom stereocenters. The van der Waals surface area contributed by atoms with Crippen LogP contribution in [0, 0.1) is 0 Å². The first kappa shape index (κ1) is 16.4. The first-order valence-electron chi connectivity index (χ1n) is 6.93. The number of ether oxygens (including phenoxy) is 1. The zero-order valence-corrected chi connectivity index (χ0v) is 12.4. The van der Waals surface area contributed by atoms with Crippen molar-refractivity contribution in [2.75, 3.05) is 7.11 Å². The van der Waals surface area contributed by atoms with Crippen LogP contribution in [0.15, 0.2) is 48.5 Å². The van der Waals surface area contributed by atoms with Crippen molar-refractivity contribution in [3.63, 3.8) is 0 Å². The Morgan fingerprint density at radius 3 is 2.09 bits per heavy atom. The third-order valence-corrected chi connectivity index (χ3v) is 3.51. The standard InChI is InChI=1S/C17H18F3NO/c1-12(14-5-7-15(8-6-14)17(18,19)20)21-11-13-3-9-16(22-2)10-4-13/h3-10,12,21H,11H2,1-2H3. The first-order chi connectivity index (χ1) is 10.4. The van der Waals surface area contributed by atoms with E-state index in [9.17, 15) is 13.2 Å². The molecule has 0 aliphatic heterocycles. The van der Waals surface area contributed by atoms with Crippen LogP contribution in [0.5, 0.6) is 5.75 Å². The summed E-state index contributed by atoms with van der Waals surface area (Å²) in [4.78, 5) is 0. The highest BCUT2D eigenvalue weighted by atomic mass is 19.4. The zero-order valence-electron chi connectivity index (χ0n) is 12.4. The van der Waals surface area contributed by atoms with Gasteiger partial charge in [0.05, 0.1) is 12.7 Å². The van der Waals surface area contributed by atoms with Gasteiger partial charge in [0.2, 0.25) is 0 Å². The Kier molecular flexibility index (Phi) is 5.08. The molecule has 0 fully saturated rings. The number of benzene rings is 2. The second-order valence-electron chi connectivity index (χ2n) is 5.07. The summed E-state index contributed by atoms with van der Waals surface area (Å²) in [7, 11) is 1.61. The Labute approximate surface area is 127 Å². The highest BCUT2D eigenvalue weighted by Gasteiger charge is 2.30. The van der Waals surface area contributed by atoms with Crippen LogP contribution in [0.3, 0.4) is 0 Å². The molecule has 2 nitrogen and oxygen atoms in total. The van der Waals surface area contributed by atoms with E-state index in [0.29, 0.717) is 6.54 Å². The number of nitrogens with one attached hydrogen (secondary N) is 1. The number of hydrogen-bond acceptors (Lipinski definition) is 2. The maximum absolute atomic E-state index is 12.5. The number of halogens is 3. The summed E-state index contributed by atoms with van der Waals surface area (Å²) in [6, 6.07) is 12.9. The third-order valence-electron chi connectivity index (χ3n) is 3.51. The lowest BCUT2D eigenvalue weighted by Crippen LogP contribution is -2.18. The monoisotopic (exact) mass is 309 g/mol. The fourth-order valence-corrected chi connectivity index (χ4v) is 2.09. The van der Waals surface area contributed by atoms with Crippen molar-refractivity contribution >= 4 is 0 Å². The van der Waals surface area contributed by atoms with E-state index in [1.54, 1.807) is 7.11 Å². The maximum Gasteiger partial charge on any atom is 0.416 e. The minimum Gasteiger partial charge on any atom is -0.497 e. The molecule has 0 bridgehead atoms. The average molecular weight is 309 g/mol. The van der Waals surface area contributed by atoms with Gasteiger partial charge in [0.1, 0.15) is 5.75 Å². The van der Waals surface area contributed by atoms with Gasteiger partial charge >= 0.3 is 6.18 Å². The second-order valence-corrected chi connectivity index (χ2v) is 5.07. The number of alkyl halides is 3. The number of hydrogen-bond donors (Lipinski definition) is 1. The molecule has 2 aromatic rings. The lowest BCUT2D eigenvalue weighted by Gasteiger charge is -2.15. The van der Waals surface area contributed by atoms with Crippen LogP contribution in [-0.2, 0) is 12.7 Å². The van der Waals surface area contributed by atoms with Crippen LogP contribution < -0.4 is 10.1 Å². The minimum absolute atomic E-state index is 0.0376. The van der Waals surface area contributed by atoms with Crippen molar-refractivity contribution in [3.8, 4) is 5.75 Å². The van der Waals surface area contributed by atoms with Gasteiger partial charge in [-0.3, -0.25) is 0 Å². The molecule has 0 heterocycles. The van der Waals surface area contributed by atoms with Crippen LogP contribution in [0.2, 0.25) is 0 Å². The summed E-state index contributed by atoms with van der Waals surface area (Å²) in [6.07, 6.45) is -4.29. The molecule has 1 unspecified atom stereocenters. The highest BCUT2D eigenvalue weighted by molar-refractivity contribution is 5.28. The molecule has 5 heteroatoms. The van der Waals surface area contributed by atoms with E-state index in [4.69, 9.17) is 4.74 Å². The van der Waals surface area contributed by atoms with Crippen LogP contribution in [0.25, 0.3) is 0 Å². The van der Waals surface area contributed by atoms with Crippen molar-refractivity contribution in [1.82, 2.24) is 5.32 Å². The van der Waals surface area contributed by atoms with Gasteiger partial charge in [-0.15, -0.1) is 0 Å². The van der Waals surface area contributed by atoms with Gasteiger partial charge in [-0.1, -0.05) is 24.3 Å². The topological polar surface area (TPSA) is 21.3 Å². The fourth-order valence-electron chi connectivity index (χ4n) is 2.09. The largest absolute Gasteiger partial charge is 0.497 e. The molecule has 0 amide bonds. The molecule has 0 aromatic heterocycles. The van der Waals surface area contributed by atoms with Crippen molar-refractivity contribution < 1.29 is 17.9 Å². The lowest BCUT2D eigenvalue weighted by molar-refractivity contribution is -0.137. The molecule has 0 saturated heterocycles. The Bertz CT molecular complexity index is 591. The van der Waals surface area contributed by atoms with Gasteiger partial charge in [0.15, 0.2) is 0 Å². The summed E-state index contributed by atoms with van der Waals surface area (Å²) in [5, 5.41) is 3.29. The lowest BCUT2D eigenvalue weighted by atomic mass is 10.1. The SMILES string of the molecule is COc1ccc(CNC(C)c2ccc(C(F)(F)F)cc2)cc1. The Morgan fingerprint density at radius 1 is 1.00 bits per heavy atom. The fraction of sp³-hybridized carbons (Fsp3) is 0.294. The average Bonchev–Trinajstić information content (AvgIpc) is 2.52. The van der Waals surface area contributed by atoms with E-state index >= 15 is 0 Å². The van der Waals surface area contributed by atoms with Crippen molar-refractivity contribution in [2.45, 2.75) is 25.7 Å². The molecule has 0 saturated carbocycles. The van der Waals surface area contributed by atoms with Crippen LogP contribution in [0.1, 0.15) is 29.7 Å². The van der Waals surface area contributed by atoms with Gasteiger partial charge < -0.3 is 10.1 Å². The molecule has 2 aromatic carbocycles. The van der Waals surface area contributed by atoms with E-state index in [-0.39, 0.29) is 6.04 Å². The highest BCUT2D eigenvalue weighted by Crippen LogP contribution is 2.29. The summed E-state index contributed by atoms with van der Waals surface area (Å²) < 4.78 is 42.7. The van der Waals surface area contributed by atoms with Crippen molar-refractivity contribution in [2.24, 2.45) is 0 Å². The van der Waals surface area contributed by atoms with E-state index < -0.39 is 11.7 Å². The maximum atomic E-state index is 12.5. The third kappa shape index (κ3) is 4.24. The van der Waals surface area contributed by atoms with E-state index in [0.717, 1.165) is 29.0 Å². The molecule has 0 aliphatic rings. The summed E-state index contributed by atoms with van der Waals surface area (Å²) in [6.45, 7) is 2.55. The van der Waals surface area contributed by atoms with Crippen molar-refractivity contribution in [1.29, 1.82) is 0 Å². The molecule has 0 spiro atoms. The molecule has 0 aliphatic carbocycles. The number of methoxy groups -OCH3 is 1. The molecule has 1 N–H and O–H groups in total. The number of rotatable bonds is 5. The van der Waals surface area contributed by atoms with E-state index in [1.165, 1.54) is 12.1 Å². The van der Waals surface area contributed by atoms with Crippen molar-refractivity contribution in [3.05, 3.63) is 65.2 Å². The normalized spacial score (nSPS) is 13.0. The van der Waals surface area contributed by atoms with E-state index in [1.807, 2.05) is 31.2 Å². The first-order valence-corrected chi connectivity index (χ1v) is 6.93. The summed E-state index contributed by atoms with van der Waals surface area (Å²) in [5.74, 6) is 0.791. The quantitative estimate of drug-likeness (QED) is 0.874.